The molecule has 0 spiro atoms. The number of aliphatic hydroxyl groups excluding tert-OH is 2. The minimum absolute atomic E-state index is 0.0201. The van der Waals surface area contributed by atoms with Crippen LogP contribution in [0.1, 0.15) is 35.2 Å². The van der Waals surface area contributed by atoms with E-state index in [9.17, 15) is 39.6 Å². The van der Waals surface area contributed by atoms with Gasteiger partial charge in [0.2, 0.25) is 11.7 Å². The number of ketones is 2. The number of carbonyl (C=O) groups excluding carboxylic acids is 4. The van der Waals surface area contributed by atoms with Gasteiger partial charge in [-0.05, 0) is 57.3 Å². The third-order valence-corrected chi connectivity index (χ3v) is 8.85. The van der Waals surface area contributed by atoms with Crippen LogP contribution in [0, 0.1) is 11.8 Å². The van der Waals surface area contributed by atoms with Crippen molar-refractivity contribution in [1.29, 1.82) is 0 Å². The third kappa shape index (κ3) is 4.74. The van der Waals surface area contributed by atoms with Gasteiger partial charge in [0.05, 0.1) is 23.9 Å². The number of nitrogens with one attached hydrogen (secondary N) is 1. The zero-order chi connectivity index (χ0) is 31.5. The van der Waals surface area contributed by atoms with Crippen molar-refractivity contribution >= 4 is 34.8 Å². The number of rotatable bonds is 6. The Kier molecular flexibility index (Phi) is 7.75. The Morgan fingerprint density at radius 2 is 1.86 bits per heavy atom. The van der Waals surface area contributed by atoms with Crippen LogP contribution in [0.25, 0.3) is 0 Å². The summed E-state index contributed by atoms with van der Waals surface area (Å²) >= 11 is 0. The Balaban J connectivity index is 1.60. The van der Waals surface area contributed by atoms with Gasteiger partial charge in [0.1, 0.15) is 23.6 Å². The summed E-state index contributed by atoms with van der Waals surface area (Å²) in [7, 11) is 6.62. The van der Waals surface area contributed by atoms with Crippen molar-refractivity contribution in [2.75, 3.05) is 58.1 Å². The molecule has 2 amide bonds. The van der Waals surface area contributed by atoms with Crippen LogP contribution in [0.3, 0.4) is 0 Å². The van der Waals surface area contributed by atoms with E-state index in [1.54, 1.807) is 39.2 Å². The SMILES string of the molecule is CN(C)c1cc(NC(=O)CN2CCCCO2)c(O)c2c1C[C@H]1C[C@H]3[C@H](N(C)C)C(O)=C(C(N)=O)C(=O)[C@@]3(O)C(O)=C1C2=O. The van der Waals surface area contributed by atoms with E-state index in [1.807, 2.05) is 0 Å². The van der Waals surface area contributed by atoms with Gasteiger partial charge in [-0.3, -0.25) is 28.9 Å². The van der Waals surface area contributed by atoms with Crippen LogP contribution in [-0.4, -0.2) is 113 Å². The Bertz CT molecular complexity index is 1480. The number of primary amides is 1. The van der Waals surface area contributed by atoms with Crippen LogP contribution in [0.15, 0.2) is 28.7 Å². The van der Waals surface area contributed by atoms with Gasteiger partial charge in [0.15, 0.2) is 17.1 Å². The number of aromatic hydroxyl groups is 1. The van der Waals surface area contributed by atoms with Crippen molar-refractivity contribution in [1.82, 2.24) is 9.96 Å². The van der Waals surface area contributed by atoms with Gasteiger partial charge in [-0.1, -0.05) is 0 Å². The summed E-state index contributed by atoms with van der Waals surface area (Å²) in [5, 5.41) is 49.7. The molecule has 14 heteroatoms. The fourth-order valence-corrected chi connectivity index (χ4v) is 6.92. The number of aliphatic hydroxyl groups is 3. The van der Waals surface area contributed by atoms with Gasteiger partial charge >= 0.3 is 0 Å². The largest absolute Gasteiger partial charge is 0.510 e. The molecule has 232 valence electrons. The van der Waals surface area contributed by atoms with E-state index in [-0.39, 0.29) is 36.2 Å². The first-order valence-electron chi connectivity index (χ1n) is 14.1. The van der Waals surface area contributed by atoms with E-state index >= 15 is 0 Å². The molecule has 0 aromatic heterocycles. The second-order valence-electron chi connectivity index (χ2n) is 12.0. The second-order valence-corrected chi connectivity index (χ2v) is 12.0. The predicted molar refractivity (Wildman–Crippen MR) is 153 cm³/mol. The van der Waals surface area contributed by atoms with Crippen LogP contribution < -0.4 is 16.0 Å². The first-order valence-corrected chi connectivity index (χ1v) is 14.1. The average molecular weight is 600 g/mol. The Labute approximate surface area is 247 Å². The number of phenols is 1. The molecular formula is C29H37N5O9. The van der Waals surface area contributed by atoms with Crippen LogP contribution >= 0.6 is 0 Å². The van der Waals surface area contributed by atoms with E-state index in [0.717, 1.165) is 12.8 Å². The molecule has 1 aliphatic heterocycles. The maximum absolute atomic E-state index is 14.1. The second kappa shape index (κ2) is 10.9. The quantitative estimate of drug-likeness (QED) is 0.191. The van der Waals surface area contributed by atoms with Gasteiger partial charge in [0, 0.05) is 37.8 Å². The molecule has 5 rings (SSSR count). The molecule has 1 heterocycles. The predicted octanol–water partition coefficient (Wildman–Crippen LogP) is 0.153. The fraction of sp³-hybridized carbons (Fsp3) is 0.517. The Morgan fingerprint density at radius 3 is 2.44 bits per heavy atom. The first-order chi connectivity index (χ1) is 20.2. The lowest BCUT2D eigenvalue weighted by Gasteiger charge is -2.50. The number of carbonyl (C=O) groups is 4. The molecule has 1 saturated heterocycles. The Morgan fingerprint density at radius 1 is 1.16 bits per heavy atom. The average Bonchev–Trinajstić information content (AvgIpc) is 2.92. The summed E-state index contributed by atoms with van der Waals surface area (Å²) < 4.78 is 0. The summed E-state index contributed by atoms with van der Waals surface area (Å²) in [6, 6.07) is 0.485. The molecule has 1 aromatic carbocycles. The number of nitrogens with two attached hydrogens (primary N) is 1. The smallest absolute Gasteiger partial charge is 0.255 e. The number of amides is 2. The number of hydroxylamine groups is 2. The number of benzene rings is 1. The lowest BCUT2D eigenvalue weighted by atomic mass is 9.58. The molecule has 1 aromatic rings. The molecular weight excluding hydrogens is 562 g/mol. The molecule has 0 saturated carbocycles. The number of anilines is 2. The summed E-state index contributed by atoms with van der Waals surface area (Å²) in [5.41, 5.74) is 2.29. The number of fused-ring (bicyclic) bond motifs is 3. The molecule has 3 aliphatic carbocycles. The van der Waals surface area contributed by atoms with Gasteiger partial charge < -0.3 is 36.4 Å². The lowest BCUT2D eigenvalue weighted by Crippen LogP contribution is -2.63. The molecule has 1 fully saturated rings. The number of allylic oxidation sites excluding steroid dienone is 1. The number of likely N-dealkylation sites (N-methyl/N-ethyl adjacent to an activating group) is 1. The highest BCUT2D eigenvalue weighted by molar-refractivity contribution is 6.25. The Hall–Kier alpha value is -3.98. The van der Waals surface area contributed by atoms with Crippen molar-refractivity contribution in [3.63, 3.8) is 0 Å². The van der Waals surface area contributed by atoms with E-state index < -0.39 is 69.7 Å². The molecule has 43 heavy (non-hydrogen) atoms. The van der Waals surface area contributed by atoms with Gasteiger partial charge in [-0.15, -0.1) is 0 Å². The van der Waals surface area contributed by atoms with E-state index in [2.05, 4.69) is 5.32 Å². The minimum Gasteiger partial charge on any atom is -0.510 e. The first kappa shape index (κ1) is 30.5. The van der Waals surface area contributed by atoms with Crippen LogP contribution in [0.5, 0.6) is 5.75 Å². The maximum Gasteiger partial charge on any atom is 0.255 e. The summed E-state index contributed by atoms with van der Waals surface area (Å²) in [4.78, 5) is 61.3. The van der Waals surface area contributed by atoms with Crippen molar-refractivity contribution in [3.05, 3.63) is 39.9 Å². The van der Waals surface area contributed by atoms with Crippen molar-refractivity contribution < 1.29 is 44.4 Å². The maximum atomic E-state index is 14.1. The molecule has 14 nitrogen and oxygen atoms in total. The molecule has 0 unspecified atom stereocenters. The lowest BCUT2D eigenvalue weighted by molar-refractivity contribution is -0.182. The van der Waals surface area contributed by atoms with Gasteiger partial charge in [-0.25, -0.2) is 0 Å². The highest BCUT2D eigenvalue weighted by Gasteiger charge is 2.63. The highest BCUT2D eigenvalue weighted by Crippen LogP contribution is 2.53. The van der Waals surface area contributed by atoms with Crippen LogP contribution in [0.4, 0.5) is 11.4 Å². The number of nitrogens with zero attached hydrogens (tertiary/aromatic N) is 3. The van der Waals surface area contributed by atoms with Crippen molar-refractivity contribution in [2.45, 2.75) is 37.3 Å². The number of phenolic OH excluding ortho intramolecular Hbond substituents is 1. The van der Waals surface area contributed by atoms with Crippen molar-refractivity contribution in [2.24, 2.45) is 17.6 Å². The molecule has 4 atom stereocenters. The summed E-state index contributed by atoms with van der Waals surface area (Å²) in [6.07, 6.45) is 1.87. The molecule has 0 bridgehead atoms. The molecule has 7 N–H and O–H groups in total. The number of hydrogen-bond donors (Lipinski definition) is 6. The fourth-order valence-electron chi connectivity index (χ4n) is 6.92. The summed E-state index contributed by atoms with van der Waals surface area (Å²) in [6.45, 7) is 0.973. The normalized spacial score (nSPS) is 27.5. The molecule has 4 aliphatic rings. The number of hydrogen-bond acceptors (Lipinski definition) is 12. The number of Topliss-reactive ketones (excluding diaryl/α,β-unsaturated/α-hetero) is 2. The minimum atomic E-state index is -2.73. The van der Waals surface area contributed by atoms with E-state index in [0.29, 0.717) is 24.4 Å². The van der Waals surface area contributed by atoms with Crippen LogP contribution in [0.2, 0.25) is 0 Å². The van der Waals surface area contributed by atoms with Crippen molar-refractivity contribution in [3.8, 4) is 5.75 Å². The highest BCUT2D eigenvalue weighted by atomic mass is 16.7. The van der Waals surface area contributed by atoms with Gasteiger partial charge in [0.25, 0.3) is 5.91 Å². The summed E-state index contributed by atoms with van der Waals surface area (Å²) in [5.74, 6) is -7.83. The molecule has 0 radical (unpaired) electrons. The van der Waals surface area contributed by atoms with E-state index in [1.165, 1.54) is 9.96 Å². The zero-order valence-corrected chi connectivity index (χ0v) is 24.5. The van der Waals surface area contributed by atoms with E-state index in [4.69, 9.17) is 10.6 Å². The zero-order valence-electron chi connectivity index (χ0n) is 24.5. The topological polar surface area (TPSA) is 206 Å². The standard InChI is InChI=1S/C29H37N5O9/c1-32(2)17-11-16(31-18(35)12-34-7-5-6-8-43-34)23(36)20-14(17)9-13-10-15-22(33(3)4)25(38)21(28(30)41)27(40)29(15,42)26(39)19(13)24(20)37/h11,13,15,22,36,38-39,42H,5-10,12H2,1-4H3,(H2,30,41)(H,31,35)/t13-,15-,22-,29-/m0/s1. The van der Waals surface area contributed by atoms with Crippen LogP contribution in [-0.2, 0) is 25.6 Å². The monoisotopic (exact) mass is 599 g/mol. The third-order valence-electron chi connectivity index (χ3n) is 8.85. The van der Waals surface area contributed by atoms with Gasteiger partial charge in [-0.2, -0.15) is 5.06 Å².